The molecular weight excluding hydrogens is 282 g/mol. The predicted molar refractivity (Wildman–Crippen MR) is 79.8 cm³/mol. The first-order valence-electron chi connectivity index (χ1n) is 7.37. The minimum Gasteiger partial charge on any atom is -0.358 e. The molecule has 1 saturated heterocycles. The van der Waals surface area contributed by atoms with Crippen LogP contribution in [-0.4, -0.2) is 38.2 Å². The van der Waals surface area contributed by atoms with Crippen molar-refractivity contribution in [2.24, 2.45) is 0 Å². The first-order chi connectivity index (χ1) is 10.8. The molecule has 0 unspecified atom stereocenters. The molecule has 3 heterocycles. The number of carbonyl (C=O) groups excluding carboxylic acids is 1. The van der Waals surface area contributed by atoms with Gasteiger partial charge in [-0.05, 0) is 19.3 Å². The molecule has 1 fully saturated rings. The summed E-state index contributed by atoms with van der Waals surface area (Å²) in [5.74, 6) is 0.608. The van der Waals surface area contributed by atoms with Gasteiger partial charge in [-0.3, -0.25) is 4.79 Å². The molecule has 8 heteroatoms. The first kappa shape index (κ1) is 14.3. The molecule has 0 aromatic carbocycles. The summed E-state index contributed by atoms with van der Waals surface area (Å²) >= 11 is 0. The Bertz CT molecular complexity index is 718. The average molecular weight is 299 g/mol. The highest BCUT2D eigenvalue weighted by atomic mass is 16.2. The largest absolute Gasteiger partial charge is 0.358 e. The van der Waals surface area contributed by atoms with Crippen LogP contribution in [0.4, 0.5) is 5.82 Å². The lowest BCUT2D eigenvalue weighted by molar-refractivity contribution is -0.121. The molecule has 8 nitrogen and oxygen atoms in total. The van der Waals surface area contributed by atoms with E-state index in [0.29, 0.717) is 24.4 Å². The molecule has 22 heavy (non-hydrogen) atoms. The van der Waals surface area contributed by atoms with Gasteiger partial charge < -0.3 is 10.6 Å². The number of nitrogens with zero attached hydrogens (tertiary/aromatic N) is 5. The van der Waals surface area contributed by atoms with E-state index in [1.54, 1.807) is 10.9 Å². The van der Waals surface area contributed by atoms with Crippen molar-refractivity contribution in [1.29, 1.82) is 5.26 Å². The van der Waals surface area contributed by atoms with Crippen LogP contribution in [0.2, 0.25) is 0 Å². The van der Waals surface area contributed by atoms with Crippen molar-refractivity contribution in [3.05, 3.63) is 12.5 Å². The van der Waals surface area contributed by atoms with Gasteiger partial charge in [0.05, 0.1) is 30.6 Å². The Labute approximate surface area is 127 Å². The fraction of sp³-hybridized carbons (Fsp3) is 0.500. The molecule has 1 aliphatic heterocycles. The SMILES string of the molecule is N#CCCn1ncc2c(N[C@H]3CCCCNC3=O)ncnc21. The summed E-state index contributed by atoms with van der Waals surface area (Å²) < 4.78 is 1.68. The summed E-state index contributed by atoms with van der Waals surface area (Å²) in [5, 5.41) is 19.8. The minimum absolute atomic E-state index is 0.00105. The topological polar surface area (TPSA) is 109 Å². The van der Waals surface area contributed by atoms with Gasteiger partial charge in [0.1, 0.15) is 18.2 Å². The van der Waals surface area contributed by atoms with E-state index in [9.17, 15) is 4.79 Å². The van der Waals surface area contributed by atoms with Crippen LogP contribution in [-0.2, 0) is 11.3 Å². The number of hydrogen-bond acceptors (Lipinski definition) is 6. The molecule has 2 aromatic heterocycles. The normalized spacial score (nSPS) is 18.5. The maximum atomic E-state index is 12.0. The summed E-state index contributed by atoms with van der Waals surface area (Å²) in [5.41, 5.74) is 0.668. The van der Waals surface area contributed by atoms with Crippen molar-refractivity contribution in [2.45, 2.75) is 38.3 Å². The zero-order chi connectivity index (χ0) is 15.4. The molecule has 2 N–H and O–H groups in total. The molecule has 0 bridgehead atoms. The lowest BCUT2D eigenvalue weighted by Gasteiger charge is -2.16. The minimum atomic E-state index is -0.289. The molecule has 0 radical (unpaired) electrons. The van der Waals surface area contributed by atoms with Crippen LogP contribution in [0.25, 0.3) is 11.0 Å². The summed E-state index contributed by atoms with van der Waals surface area (Å²) in [6.07, 6.45) is 6.25. The van der Waals surface area contributed by atoms with Crippen LogP contribution in [0.3, 0.4) is 0 Å². The summed E-state index contributed by atoms with van der Waals surface area (Å²) in [7, 11) is 0. The number of hydrogen-bond donors (Lipinski definition) is 2. The number of anilines is 1. The van der Waals surface area contributed by atoms with E-state index >= 15 is 0 Å². The summed E-state index contributed by atoms with van der Waals surface area (Å²) in [4.78, 5) is 20.5. The lowest BCUT2D eigenvalue weighted by atomic mass is 10.1. The van der Waals surface area contributed by atoms with Crippen LogP contribution in [0.1, 0.15) is 25.7 Å². The molecule has 3 rings (SSSR count). The number of nitriles is 1. The van der Waals surface area contributed by atoms with Crippen LogP contribution < -0.4 is 10.6 Å². The molecule has 0 saturated carbocycles. The Morgan fingerprint density at radius 3 is 3.23 bits per heavy atom. The van der Waals surface area contributed by atoms with E-state index in [1.165, 1.54) is 6.33 Å². The van der Waals surface area contributed by atoms with Gasteiger partial charge in [0.25, 0.3) is 0 Å². The standard InChI is InChI=1S/C14H17N7O/c15-5-3-7-21-13-10(8-19-21)12(17-9-18-13)20-11-4-1-2-6-16-14(11)22/h8-9,11H,1-4,6-7H2,(H,16,22)(H,17,18,20)/t11-/m0/s1. The number of fused-ring (bicyclic) bond motifs is 1. The number of rotatable bonds is 4. The van der Waals surface area contributed by atoms with Crippen molar-refractivity contribution >= 4 is 22.8 Å². The number of amides is 1. The Kier molecular flexibility index (Phi) is 4.14. The average Bonchev–Trinajstić information content (AvgIpc) is 2.84. The molecule has 2 aromatic rings. The second kappa shape index (κ2) is 6.39. The first-order valence-corrected chi connectivity index (χ1v) is 7.37. The van der Waals surface area contributed by atoms with Crippen molar-refractivity contribution in [1.82, 2.24) is 25.1 Å². The molecule has 1 amide bonds. The van der Waals surface area contributed by atoms with Crippen LogP contribution in [0, 0.1) is 11.3 Å². The van der Waals surface area contributed by atoms with Crippen molar-refractivity contribution in [3.8, 4) is 6.07 Å². The van der Waals surface area contributed by atoms with E-state index < -0.39 is 0 Å². The third-order valence-electron chi connectivity index (χ3n) is 3.72. The van der Waals surface area contributed by atoms with E-state index in [4.69, 9.17) is 5.26 Å². The Hall–Kier alpha value is -2.69. The van der Waals surface area contributed by atoms with Crippen LogP contribution >= 0.6 is 0 Å². The van der Waals surface area contributed by atoms with Gasteiger partial charge in [-0.25, -0.2) is 14.6 Å². The van der Waals surface area contributed by atoms with Gasteiger partial charge in [-0.2, -0.15) is 10.4 Å². The van der Waals surface area contributed by atoms with Gasteiger partial charge in [-0.1, -0.05) is 0 Å². The molecule has 1 atom stereocenters. The maximum absolute atomic E-state index is 12.0. The second-order valence-corrected chi connectivity index (χ2v) is 5.22. The van der Waals surface area contributed by atoms with Gasteiger partial charge in [0.15, 0.2) is 5.65 Å². The van der Waals surface area contributed by atoms with E-state index in [2.05, 4.69) is 31.8 Å². The smallest absolute Gasteiger partial charge is 0.242 e. The molecule has 1 aliphatic rings. The second-order valence-electron chi connectivity index (χ2n) is 5.22. The van der Waals surface area contributed by atoms with Crippen molar-refractivity contribution in [3.63, 3.8) is 0 Å². The summed E-state index contributed by atoms with van der Waals surface area (Å²) in [6.45, 7) is 1.21. The Morgan fingerprint density at radius 2 is 2.36 bits per heavy atom. The van der Waals surface area contributed by atoms with Gasteiger partial charge in [0, 0.05) is 6.54 Å². The van der Waals surface area contributed by atoms with E-state index in [1.807, 2.05) is 0 Å². The van der Waals surface area contributed by atoms with Gasteiger partial charge in [0.2, 0.25) is 5.91 Å². The van der Waals surface area contributed by atoms with Crippen molar-refractivity contribution < 1.29 is 4.79 Å². The van der Waals surface area contributed by atoms with E-state index in [-0.39, 0.29) is 11.9 Å². The lowest BCUT2D eigenvalue weighted by Crippen LogP contribution is -2.38. The highest BCUT2D eigenvalue weighted by Crippen LogP contribution is 2.21. The Balaban J connectivity index is 1.86. The highest BCUT2D eigenvalue weighted by molar-refractivity contribution is 5.90. The molecule has 0 aliphatic carbocycles. The number of nitrogens with one attached hydrogen (secondary N) is 2. The molecule has 0 spiro atoms. The zero-order valence-electron chi connectivity index (χ0n) is 12.1. The van der Waals surface area contributed by atoms with Gasteiger partial charge in [-0.15, -0.1) is 0 Å². The van der Waals surface area contributed by atoms with Gasteiger partial charge >= 0.3 is 0 Å². The quantitative estimate of drug-likeness (QED) is 0.865. The fourth-order valence-electron chi connectivity index (χ4n) is 2.57. The number of aryl methyl sites for hydroxylation is 1. The monoisotopic (exact) mass is 299 g/mol. The maximum Gasteiger partial charge on any atom is 0.242 e. The highest BCUT2D eigenvalue weighted by Gasteiger charge is 2.22. The van der Waals surface area contributed by atoms with Crippen LogP contribution in [0.5, 0.6) is 0 Å². The molecular formula is C14H17N7O. The Morgan fingerprint density at radius 1 is 1.45 bits per heavy atom. The number of carbonyl (C=O) groups is 1. The fourth-order valence-corrected chi connectivity index (χ4v) is 2.57. The van der Waals surface area contributed by atoms with E-state index in [0.717, 1.165) is 31.2 Å². The third-order valence-corrected chi connectivity index (χ3v) is 3.72. The predicted octanol–water partition coefficient (Wildman–Crippen LogP) is 0.821. The summed E-state index contributed by atoms with van der Waals surface area (Å²) in [6, 6.07) is 1.80. The molecule has 114 valence electrons. The van der Waals surface area contributed by atoms with Crippen LogP contribution in [0.15, 0.2) is 12.5 Å². The zero-order valence-corrected chi connectivity index (χ0v) is 12.1. The third kappa shape index (κ3) is 2.83. The number of aromatic nitrogens is 4. The van der Waals surface area contributed by atoms with Crippen molar-refractivity contribution in [2.75, 3.05) is 11.9 Å².